The summed E-state index contributed by atoms with van der Waals surface area (Å²) in [6.07, 6.45) is -0.716. The fourth-order valence-corrected chi connectivity index (χ4v) is 2.59. The van der Waals surface area contributed by atoms with Gasteiger partial charge in [-0.05, 0) is 30.7 Å². The number of carbonyl (C=O) groups excluding carboxylic acids is 1. The zero-order chi connectivity index (χ0) is 15.4. The average molecular weight is 344 g/mol. The molecule has 2 atom stereocenters. The molecule has 0 aromatic heterocycles. The highest BCUT2D eigenvalue weighted by molar-refractivity contribution is 6.35. The second-order valence-electron chi connectivity index (χ2n) is 4.51. The molecule has 0 aliphatic carbocycles. The molecule has 0 bridgehead atoms. The molecule has 0 saturated carbocycles. The summed E-state index contributed by atoms with van der Waals surface area (Å²) in [5.41, 5.74) is 0.738. The van der Waals surface area contributed by atoms with E-state index in [2.05, 4.69) is 0 Å². The van der Waals surface area contributed by atoms with Crippen LogP contribution < -0.4 is 4.74 Å². The highest BCUT2D eigenvalue weighted by atomic mass is 35.5. The van der Waals surface area contributed by atoms with Gasteiger partial charge in [0.25, 0.3) is 0 Å². The molecule has 110 valence electrons. The summed E-state index contributed by atoms with van der Waals surface area (Å²) >= 11 is 18.0. The SMILES string of the molecule is CC(Oc1ccc(Cl)cc1Cl)C(=O)C(Cl)c1ccccc1. The van der Waals surface area contributed by atoms with Gasteiger partial charge in [-0.25, -0.2) is 0 Å². The molecule has 2 nitrogen and oxygen atoms in total. The molecule has 21 heavy (non-hydrogen) atoms. The Labute approximate surface area is 138 Å². The Balaban J connectivity index is 2.09. The van der Waals surface area contributed by atoms with Crippen molar-refractivity contribution in [3.63, 3.8) is 0 Å². The normalized spacial score (nSPS) is 13.5. The number of benzene rings is 2. The van der Waals surface area contributed by atoms with E-state index in [9.17, 15) is 4.79 Å². The third-order valence-electron chi connectivity index (χ3n) is 2.94. The molecule has 0 aliphatic heterocycles. The number of Topliss-reactive ketones (excluding diaryl/α,β-unsaturated/α-hetero) is 1. The molecule has 2 aromatic carbocycles. The lowest BCUT2D eigenvalue weighted by atomic mass is 10.1. The first-order chi connectivity index (χ1) is 9.99. The van der Waals surface area contributed by atoms with E-state index in [4.69, 9.17) is 39.5 Å². The van der Waals surface area contributed by atoms with Crippen molar-refractivity contribution in [3.8, 4) is 5.75 Å². The van der Waals surface area contributed by atoms with Gasteiger partial charge in [0.2, 0.25) is 0 Å². The van der Waals surface area contributed by atoms with E-state index in [1.807, 2.05) is 18.2 Å². The zero-order valence-corrected chi connectivity index (χ0v) is 13.5. The largest absolute Gasteiger partial charge is 0.481 e. The van der Waals surface area contributed by atoms with E-state index in [0.717, 1.165) is 5.56 Å². The van der Waals surface area contributed by atoms with E-state index >= 15 is 0 Å². The number of carbonyl (C=O) groups is 1. The lowest BCUT2D eigenvalue weighted by Gasteiger charge is -2.17. The lowest BCUT2D eigenvalue weighted by Crippen LogP contribution is -2.27. The third-order valence-corrected chi connectivity index (χ3v) is 3.94. The summed E-state index contributed by atoms with van der Waals surface area (Å²) in [7, 11) is 0. The van der Waals surface area contributed by atoms with Gasteiger partial charge in [-0.15, -0.1) is 11.6 Å². The van der Waals surface area contributed by atoms with E-state index in [0.29, 0.717) is 15.8 Å². The van der Waals surface area contributed by atoms with Crippen molar-refractivity contribution in [3.05, 3.63) is 64.1 Å². The number of rotatable bonds is 5. The van der Waals surface area contributed by atoms with Crippen molar-refractivity contribution >= 4 is 40.6 Å². The Bertz CT molecular complexity index is 629. The van der Waals surface area contributed by atoms with Crippen LogP contribution in [0.4, 0.5) is 0 Å². The molecule has 0 fully saturated rings. The first-order valence-electron chi connectivity index (χ1n) is 6.33. The number of alkyl halides is 1. The van der Waals surface area contributed by atoms with Crippen molar-refractivity contribution in [2.75, 3.05) is 0 Å². The second kappa shape index (κ2) is 7.17. The van der Waals surface area contributed by atoms with Crippen LogP contribution in [-0.2, 0) is 4.79 Å². The Hall–Kier alpha value is -1.22. The molecule has 0 N–H and O–H groups in total. The summed E-state index contributed by atoms with van der Waals surface area (Å²) in [4.78, 5) is 12.3. The van der Waals surface area contributed by atoms with Crippen molar-refractivity contribution in [1.82, 2.24) is 0 Å². The highest BCUT2D eigenvalue weighted by Crippen LogP contribution is 2.30. The molecule has 0 saturated heterocycles. The molecular formula is C16H13Cl3O2. The Morgan fingerprint density at radius 3 is 2.38 bits per heavy atom. The minimum absolute atomic E-state index is 0.228. The van der Waals surface area contributed by atoms with Crippen molar-refractivity contribution < 1.29 is 9.53 Å². The molecule has 0 amide bonds. The number of ketones is 1. The molecule has 5 heteroatoms. The predicted molar refractivity (Wildman–Crippen MR) is 86.6 cm³/mol. The minimum Gasteiger partial charge on any atom is -0.481 e. The van der Waals surface area contributed by atoms with Gasteiger partial charge in [-0.3, -0.25) is 4.79 Å². The zero-order valence-electron chi connectivity index (χ0n) is 11.2. The number of hydrogen-bond donors (Lipinski definition) is 0. The first-order valence-corrected chi connectivity index (χ1v) is 7.52. The fraction of sp³-hybridized carbons (Fsp3) is 0.188. The Morgan fingerprint density at radius 1 is 1.10 bits per heavy atom. The monoisotopic (exact) mass is 342 g/mol. The molecule has 2 aromatic rings. The second-order valence-corrected chi connectivity index (χ2v) is 5.79. The maximum atomic E-state index is 12.3. The average Bonchev–Trinajstić information content (AvgIpc) is 2.49. The molecule has 2 rings (SSSR count). The maximum absolute atomic E-state index is 12.3. The van der Waals surface area contributed by atoms with Gasteiger partial charge in [0, 0.05) is 5.02 Å². The smallest absolute Gasteiger partial charge is 0.195 e. The van der Waals surface area contributed by atoms with Crippen molar-refractivity contribution in [1.29, 1.82) is 0 Å². The van der Waals surface area contributed by atoms with Crippen LogP contribution in [0.3, 0.4) is 0 Å². The van der Waals surface area contributed by atoms with Crippen LogP contribution in [0.5, 0.6) is 5.75 Å². The summed E-state index contributed by atoms with van der Waals surface area (Å²) in [6, 6.07) is 14.0. The van der Waals surface area contributed by atoms with Crippen LogP contribution in [-0.4, -0.2) is 11.9 Å². The number of hydrogen-bond acceptors (Lipinski definition) is 2. The van der Waals surface area contributed by atoms with Crippen LogP contribution in [0, 0.1) is 0 Å². The van der Waals surface area contributed by atoms with Crippen molar-refractivity contribution in [2.24, 2.45) is 0 Å². The van der Waals surface area contributed by atoms with Gasteiger partial charge < -0.3 is 4.74 Å². The molecular weight excluding hydrogens is 331 g/mol. The fourth-order valence-electron chi connectivity index (χ4n) is 1.81. The first kappa shape index (κ1) is 16.2. The third kappa shape index (κ3) is 4.13. The summed E-state index contributed by atoms with van der Waals surface area (Å²) < 4.78 is 5.58. The quantitative estimate of drug-likeness (QED) is 0.688. The van der Waals surface area contributed by atoms with E-state index in [-0.39, 0.29) is 5.78 Å². The Kier molecular flexibility index (Phi) is 5.51. The van der Waals surface area contributed by atoms with E-state index in [1.165, 1.54) is 0 Å². The molecule has 2 unspecified atom stereocenters. The van der Waals surface area contributed by atoms with Gasteiger partial charge in [-0.1, -0.05) is 53.5 Å². The molecule has 0 radical (unpaired) electrons. The summed E-state index contributed by atoms with van der Waals surface area (Å²) in [5.74, 6) is 0.174. The lowest BCUT2D eigenvalue weighted by molar-refractivity contribution is -0.124. The highest BCUT2D eigenvalue weighted by Gasteiger charge is 2.25. The standard InChI is InChI=1S/C16H13Cl3O2/c1-10(21-14-8-7-12(17)9-13(14)18)16(20)15(19)11-5-3-2-4-6-11/h2-10,15H,1H3. The van der Waals surface area contributed by atoms with Crippen LogP contribution in [0.25, 0.3) is 0 Å². The summed E-state index contributed by atoms with van der Waals surface area (Å²) in [5, 5.41) is 0.103. The van der Waals surface area contributed by atoms with Crippen LogP contribution in [0.15, 0.2) is 48.5 Å². The molecule has 0 heterocycles. The Morgan fingerprint density at radius 2 is 1.76 bits per heavy atom. The van der Waals surface area contributed by atoms with Crippen molar-refractivity contribution in [2.45, 2.75) is 18.4 Å². The van der Waals surface area contributed by atoms with Gasteiger partial charge in [0.1, 0.15) is 11.1 Å². The van der Waals surface area contributed by atoms with Gasteiger partial charge in [0.05, 0.1) is 5.02 Å². The number of ether oxygens (including phenoxy) is 1. The van der Waals surface area contributed by atoms with E-state index in [1.54, 1.807) is 37.3 Å². The van der Waals surface area contributed by atoms with Crippen LogP contribution >= 0.6 is 34.8 Å². The topological polar surface area (TPSA) is 26.3 Å². The van der Waals surface area contributed by atoms with Gasteiger partial charge >= 0.3 is 0 Å². The predicted octanol–water partition coefficient (Wildman–Crippen LogP) is 5.31. The van der Waals surface area contributed by atoms with Gasteiger partial charge in [0.15, 0.2) is 11.9 Å². The molecule has 0 aliphatic rings. The van der Waals surface area contributed by atoms with Gasteiger partial charge in [-0.2, -0.15) is 0 Å². The maximum Gasteiger partial charge on any atom is 0.195 e. The minimum atomic E-state index is -0.757. The summed E-state index contributed by atoms with van der Waals surface area (Å²) in [6.45, 7) is 1.64. The number of halogens is 3. The molecule has 0 spiro atoms. The van der Waals surface area contributed by atoms with E-state index < -0.39 is 11.5 Å². The van der Waals surface area contributed by atoms with Crippen LogP contribution in [0.2, 0.25) is 10.0 Å². The van der Waals surface area contributed by atoms with Crippen LogP contribution in [0.1, 0.15) is 17.9 Å².